The van der Waals surface area contributed by atoms with E-state index in [9.17, 15) is 0 Å². The first-order chi connectivity index (χ1) is 7.83. The lowest BCUT2D eigenvalue weighted by Gasteiger charge is -2.07. The van der Waals surface area contributed by atoms with Crippen LogP contribution in [0.2, 0.25) is 0 Å². The van der Waals surface area contributed by atoms with E-state index in [-0.39, 0.29) is 0 Å². The van der Waals surface area contributed by atoms with Crippen molar-refractivity contribution in [2.75, 3.05) is 0 Å². The molecule has 0 aliphatic heterocycles. The first kappa shape index (κ1) is 13.0. The molecule has 0 aromatic heterocycles. The monoisotopic (exact) mass is 216 g/mol. The number of hydrogen-bond acceptors (Lipinski definition) is 0. The van der Waals surface area contributed by atoms with Gasteiger partial charge in [0.1, 0.15) is 0 Å². The van der Waals surface area contributed by atoms with Crippen LogP contribution in [-0.4, -0.2) is 0 Å². The van der Waals surface area contributed by atoms with Crippen molar-refractivity contribution in [1.82, 2.24) is 0 Å². The van der Waals surface area contributed by atoms with Gasteiger partial charge in [-0.25, -0.2) is 0 Å². The second kappa shape index (κ2) is 8.15. The average Bonchev–Trinajstić information content (AvgIpc) is 2.31. The highest BCUT2D eigenvalue weighted by Crippen LogP contribution is 2.14. The van der Waals surface area contributed by atoms with Crippen LogP contribution in [0.15, 0.2) is 36.4 Å². The second-order valence-electron chi connectivity index (χ2n) is 4.65. The van der Waals surface area contributed by atoms with Gasteiger partial charge >= 0.3 is 0 Å². The maximum Gasteiger partial charge on any atom is -0.0260 e. The molecule has 88 valence electrons. The van der Waals surface area contributed by atoms with E-state index < -0.39 is 0 Å². The normalized spacial score (nSPS) is 13.1. The zero-order valence-corrected chi connectivity index (χ0v) is 10.7. The Labute approximate surface area is 100 Å². The Hall–Kier alpha value is -1.04. The van der Waals surface area contributed by atoms with Gasteiger partial charge in [0.2, 0.25) is 0 Å². The van der Waals surface area contributed by atoms with Gasteiger partial charge in [0, 0.05) is 0 Å². The molecule has 0 spiro atoms. The van der Waals surface area contributed by atoms with Gasteiger partial charge in [-0.2, -0.15) is 0 Å². The molecule has 0 aliphatic rings. The van der Waals surface area contributed by atoms with Crippen LogP contribution in [0, 0.1) is 5.92 Å². The molecule has 1 unspecified atom stereocenters. The zero-order valence-electron chi connectivity index (χ0n) is 10.7. The molecular formula is C16H24. The molecule has 0 heterocycles. The van der Waals surface area contributed by atoms with Crippen LogP contribution in [0.5, 0.6) is 0 Å². The molecule has 1 aromatic rings. The fraction of sp³-hybridized carbons (Fsp3) is 0.500. The lowest BCUT2D eigenvalue weighted by Crippen LogP contribution is -1.92. The SMILES string of the molecule is CCCCCC(C)C/C=C/c1ccccc1. The van der Waals surface area contributed by atoms with Gasteiger partial charge in [0.25, 0.3) is 0 Å². The third-order valence-electron chi connectivity index (χ3n) is 2.95. The van der Waals surface area contributed by atoms with Crippen molar-refractivity contribution >= 4 is 6.08 Å². The van der Waals surface area contributed by atoms with Crippen molar-refractivity contribution in [1.29, 1.82) is 0 Å². The summed E-state index contributed by atoms with van der Waals surface area (Å²) >= 11 is 0. The molecule has 0 radical (unpaired) electrons. The first-order valence-electron chi connectivity index (χ1n) is 6.54. The van der Waals surface area contributed by atoms with Gasteiger partial charge in [-0.15, -0.1) is 0 Å². The van der Waals surface area contributed by atoms with Gasteiger partial charge in [-0.3, -0.25) is 0 Å². The quantitative estimate of drug-likeness (QED) is 0.542. The van der Waals surface area contributed by atoms with Crippen LogP contribution in [-0.2, 0) is 0 Å². The van der Waals surface area contributed by atoms with E-state index in [1.807, 2.05) is 0 Å². The van der Waals surface area contributed by atoms with Gasteiger partial charge in [-0.05, 0) is 17.9 Å². The number of unbranched alkanes of at least 4 members (excludes halogenated alkanes) is 2. The minimum atomic E-state index is 0.825. The van der Waals surface area contributed by atoms with Crippen molar-refractivity contribution in [2.45, 2.75) is 46.0 Å². The van der Waals surface area contributed by atoms with Crippen LogP contribution < -0.4 is 0 Å². The summed E-state index contributed by atoms with van der Waals surface area (Å²) in [5.74, 6) is 0.825. The fourth-order valence-electron chi connectivity index (χ4n) is 1.86. The summed E-state index contributed by atoms with van der Waals surface area (Å²) in [7, 11) is 0. The van der Waals surface area contributed by atoms with Gasteiger partial charge in [0.15, 0.2) is 0 Å². The van der Waals surface area contributed by atoms with Gasteiger partial charge < -0.3 is 0 Å². The van der Waals surface area contributed by atoms with Crippen molar-refractivity contribution in [3.05, 3.63) is 42.0 Å². The third kappa shape index (κ3) is 5.75. The molecule has 0 amide bonds. The van der Waals surface area contributed by atoms with Crippen LogP contribution in [0.25, 0.3) is 6.08 Å². The molecular weight excluding hydrogens is 192 g/mol. The molecule has 0 saturated carbocycles. The minimum absolute atomic E-state index is 0.825. The van der Waals surface area contributed by atoms with Crippen LogP contribution in [0.4, 0.5) is 0 Å². The zero-order chi connectivity index (χ0) is 11.6. The Bertz CT molecular complexity index is 284. The lowest BCUT2D eigenvalue weighted by atomic mass is 9.99. The Morgan fingerprint density at radius 3 is 2.56 bits per heavy atom. The van der Waals surface area contributed by atoms with E-state index in [0.29, 0.717) is 0 Å². The largest absolute Gasteiger partial charge is 0.0837 e. The summed E-state index contributed by atoms with van der Waals surface area (Å²) in [5, 5.41) is 0. The molecule has 0 nitrogen and oxygen atoms in total. The topological polar surface area (TPSA) is 0 Å². The van der Waals surface area contributed by atoms with Crippen LogP contribution in [0.1, 0.15) is 51.5 Å². The molecule has 1 aromatic carbocycles. The Morgan fingerprint density at radius 2 is 1.88 bits per heavy atom. The number of benzene rings is 1. The number of hydrogen-bond donors (Lipinski definition) is 0. The average molecular weight is 216 g/mol. The Kier molecular flexibility index (Phi) is 6.64. The van der Waals surface area contributed by atoms with E-state index in [1.165, 1.54) is 37.7 Å². The summed E-state index contributed by atoms with van der Waals surface area (Å²) in [4.78, 5) is 0. The molecule has 0 fully saturated rings. The van der Waals surface area contributed by atoms with Gasteiger partial charge in [0.05, 0.1) is 0 Å². The maximum absolute atomic E-state index is 2.35. The maximum atomic E-state index is 2.35. The van der Waals surface area contributed by atoms with Crippen LogP contribution >= 0.6 is 0 Å². The lowest BCUT2D eigenvalue weighted by molar-refractivity contribution is 0.501. The molecule has 0 bridgehead atoms. The highest BCUT2D eigenvalue weighted by atomic mass is 14.0. The molecule has 1 rings (SSSR count). The first-order valence-corrected chi connectivity index (χ1v) is 6.54. The summed E-state index contributed by atoms with van der Waals surface area (Å²) in [6, 6.07) is 10.5. The highest BCUT2D eigenvalue weighted by Gasteiger charge is 1.98. The minimum Gasteiger partial charge on any atom is -0.0837 e. The molecule has 0 aliphatic carbocycles. The van der Waals surface area contributed by atoms with E-state index >= 15 is 0 Å². The van der Waals surface area contributed by atoms with E-state index in [0.717, 1.165) is 5.92 Å². The fourth-order valence-corrected chi connectivity index (χ4v) is 1.86. The smallest absolute Gasteiger partial charge is 0.0260 e. The third-order valence-corrected chi connectivity index (χ3v) is 2.95. The Balaban J connectivity index is 2.21. The predicted octanol–water partition coefficient (Wildman–Crippen LogP) is 5.31. The van der Waals surface area contributed by atoms with Crippen molar-refractivity contribution < 1.29 is 0 Å². The number of rotatable bonds is 7. The molecule has 1 atom stereocenters. The summed E-state index contributed by atoms with van der Waals surface area (Å²) in [5.41, 5.74) is 1.31. The molecule has 0 saturated heterocycles. The van der Waals surface area contributed by atoms with E-state index in [1.54, 1.807) is 0 Å². The van der Waals surface area contributed by atoms with E-state index in [4.69, 9.17) is 0 Å². The molecule has 0 N–H and O–H groups in total. The molecule has 16 heavy (non-hydrogen) atoms. The predicted molar refractivity (Wildman–Crippen MR) is 73.4 cm³/mol. The van der Waals surface area contributed by atoms with Crippen molar-refractivity contribution in [3.8, 4) is 0 Å². The standard InChI is InChI=1S/C16H24/c1-3-4-6-10-15(2)11-9-14-16-12-7-5-8-13-16/h5,7-9,12-15H,3-4,6,10-11H2,1-2H3/b14-9+. The Morgan fingerprint density at radius 1 is 1.12 bits per heavy atom. The molecule has 0 heteroatoms. The summed E-state index contributed by atoms with van der Waals surface area (Å²) in [6.07, 6.45) is 11.2. The number of allylic oxidation sites excluding steroid dienone is 1. The van der Waals surface area contributed by atoms with Crippen molar-refractivity contribution in [2.24, 2.45) is 5.92 Å². The van der Waals surface area contributed by atoms with Crippen LogP contribution in [0.3, 0.4) is 0 Å². The highest BCUT2D eigenvalue weighted by molar-refractivity contribution is 5.48. The second-order valence-corrected chi connectivity index (χ2v) is 4.65. The van der Waals surface area contributed by atoms with E-state index in [2.05, 4.69) is 56.3 Å². The van der Waals surface area contributed by atoms with Gasteiger partial charge in [-0.1, -0.05) is 82.0 Å². The summed E-state index contributed by atoms with van der Waals surface area (Å²) in [6.45, 7) is 4.62. The van der Waals surface area contributed by atoms with Crippen molar-refractivity contribution in [3.63, 3.8) is 0 Å². The summed E-state index contributed by atoms with van der Waals surface area (Å²) < 4.78 is 0.